The van der Waals surface area contributed by atoms with Crippen molar-refractivity contribution in [2.75, 3.05) is 18.2 Å². The Hall–Kier alpha value is -0.720. The number of rotatable bonds is 5. The molecule has 6 heteroatoms. The molecule has 19 heavy (non-hydrogen) atoms. The van der Waals surface area contributed by atoms with Gasteiger partial charge in [0.05, 0.1) is 6.61 Å². The van der Waals surface area contributed by atoms with E-state index in [1.165, 1.54) is 11.8 Å². The van der Waals surface area contributed by atoms with Crippen LogP contribution >= 0.6 is 27.7 Å². The minimum Gasteiger partial charge on any atom is -0.395 e. The zero-order valence-corrected chi connectivity index (χ0v) is 13.6. The first-order valence-corrected chi connectivity index (χ1v) is 8.03. The number of hydrogen-bond donors (Lipinski definition) is 3. The van der Waals surface area contributed by atoms with E-state index in [0.717, 1.165) is 15.7 Å². The number of hydrogen-bond acceptors (Lipinski definition) is 3. The van der Waals surface area contributed by atoms with Gasteiger partial charge in [0.1, 0.15) is 0 Å². The van der Waals surface area contributed by atoms with E-state index in [0.29, 0.717) is 0 Å². The minimum atomic E-state index is -0.259. The van der Waals surface area contributed by atoms with Crippen molar-refractivity contribution in [1.29, 1.82) is 0 Å². The molecule has 0 aliphatic carbocycles. The molecule has 0 aromatic heterocycles. The van der Waals surface area contributed by atoms with Crippen LogP contribution in [0.4, 0.5) is 10.5 Å². The van der Waals surface area contributed by atoms with Gasteiger partial charge in [0, 0.05) is 21.5 Å². The Morgan fingerprint density at radius 1 is 1.53 bits per heavy atom. The third kappa shape index (κ3) is 5.04. The molecule has 2 unspecified atom stereocenters. The number of anilines is 1. The number of halogens is 1. The fourth-order valence-electron chi connectivity index (χ4n) is 1.66. The summed E-state index contributed by atoms with van der Waals surface area (Å²) in [7, 11) is 0. The van der Waals surface area contributed by atoms with Gasteiger partial charge in [0.15, 0.2) is 0 Å². The van der Waals surface area contributed by atoms with E-state index >= 15 is 0 Å². The van der Waals surface area contributed by atoms with Crippen LogP contribution in [0, 0.1) is 6.92 Å². The number of aryl methyl sites for hydroxylation is 1. The van der Waals surface area contributed by atoms with Gasteiger partial charge in [-0.25, -0.2) is 4.79 Å². The van der Waals surface area contributed by atoms with Crippen LogP contribution in [0.1, 0.15) is 12.5 Å². The van der Waals surface area contributed by atoms with Crippen LogP contribution in [0.15, 0.2) is 22.7 Å². The minimum absolute atomic E-state index is 0.00300. The van der Waals surface area contributed by atoms with Crippen molar-refractivity contribution >= 4 is 39.4 Å². The second-order valence-corrected chi connectivity index (χ2v) is 6.30. The lowest BCUT2D eigenvalue weighted by Crippen LogP contribution is -2.43. The van der Waals surface area contributed by atoms with Crippen molar-refractivity contribution in [2.45, 2.75) is 25.1 Å². The van der Waals surface area contributed by atoms with Gasteiger partial charge in [-0.3, -0.25) is 0 Å². The second kappa shape index (κ2) is 7.77. The summed E-state index contributed by atoms with van der Waals surface area (Å²) in [6.45, 7) is 3.85. The smallest absolute Gasteiger partial charge is 0.319 e. The van der Waals surface area contributed by atoms with E-state index in [2.05, 4.69) is 26.6 Å². The quantitative estimate of drug-likeness (QED) is 0.767. The van der Waals surface area contributed by atoms with Crippen molar-refractivity contribution in [3.8, 4) is 0 Å². The SMILES string of the molecule is CSC(CO)C(C)NC(=O)Nc1ccc(Br)cc1C. The second-order valence-electron chi connectivity index (χ2n) is 4.30. The Bertz CT molecular complexity index is 439. The normalized spacial score (nSPS) is 13.7. The Labute approximate surface area is 126 Å². The maximum Gasteiger partial charge on any atom is 0.319 e. The Morgan fingerprint density at radius 2 is 2.21 bits per heavy atom. The molecule has 2 amide bonds. The number of thioether (sulfide) groups is 1. The molecule has 3 N–H and O–H groups in total. The van der Waals surface area contributed by atoms with Crippen LogP contribution in [0.2, 0.25) is 0 Å². The standard InChI is InChI=1S/C13H19BrN2O2S/c1-8-6-10(14)4-5-11(8)16-13(18)15-9(2)12(7-17)19-3/h4-6,9,12,17H,7H2,1-3H3,(H2,15,16,18). The maximum absolute atomic E-state index is 11.9. The van der Waals surface area contributed by atoms with Crippen molar-refractivity contribution in [3.05, 3.63) is 28.2 Å². The molecule has 0 aliphatic rings. The third-order valence-corrected chi connectivity index (χ3v) is 4.49. The first kappa shape index (κ1) is 16.3. The number of aliphatic hydroxyl groups is 1. The highest BCUT2D eigenvalue weighted by Gasteiger charge is 2.17. The molecule has 106 valence electrons. The van der Waals surface area contributed by atoms with Gasteiger partial charge >= 0.3 is 6.03 Å². The summed E-state index contributed by atoms with van der Waals surface area (Å²) < 4.78 is 0.979. The van der Waals surface area contributed by atoms with E-state index in [-0.39, 0.29) is 23.9 Å². The number of amides is 2. The fraction of sp³-hybridized carbons (Fsp3) is 0.462. The van der Waals surface area contributed by atoms with Gasteiger partial charge in [-0.05, 0) is 43.9 Å². The Kier molecular flexibility index (Phi) is 6.68. The molecule has 0 spiro atoms. The van der Waals surface area contributed by atoms with Gasteiger partial charge in [0.2, 0.25) is 0 Å². The average molecular weight is 347 g/mol. The van der Waals surface area contributed by atoms with E-state index < -0.39 is 0 Å². The van der Waals surface area contributed by atoms with Crippen molar-refractivity contribution in [2.24, 2.45) is 0 Å². The molecule has 4 nitrogen and oxygen atoms in total. The van der Waals surface area contributed by atoms with Gasteiger partial charge in [-0.15, -0.1) is 0 Å². The van der Waals surface area contributed by atoms with E-state index in [9.17, 15) is 9.90 Å². The van der Waals surface area contributed by atoms with Crippen LogP contribution in [0.5, 0.6) is 0 Å². The molecular weight excluding hydrogens is 328 g/mol. The first-order valence-electron chi connectivity index (χ1n) is 5.95. The first-order chi connectivity index (χ1) is 8.97. The van der Waals surface area contributed by atoms with E-state index in [1.807, 2.05) is 38.3 Å². The molecule has 0 aliphatic heterocycles. The number of carbonyl (C=O) groups excluding carboxylic acids is 1. The molecule has 1 rings (SSSR count). The van der Waals surface area contributed by atoms with Gasteiger partial charge < -0.3 is 15.7 Å². The number of benzene rings is 1. The summed E-state index contributed by atoms with van der Waals surface area (Å²) >= 11 is 4.91. The Balaban J connectivity index is 2.60. The molecule has 0 saturated heterocycles. The zero-order valence-electron chi connectivity index (χ0n) is 11.2. The van der Waals surface area contributed by atoms with Crippen molar-refractivity contribution in [3.63, 3.8) is 0 Å². The van der Waals surface area contributed by atoms with Crippen molar-refractivity contribution in [1.82, 2.24) is 5.32 Å². The molecule has 2 atom stereocenters. The zero-order chi connectivity index (χ0) is 14.4. The number of nitrogens with one attached hydrogen (secondary N) is 2. The average Bonchev–Trinajstić information content (AvgIpc) is 2.34. The maximum atomic E-state index is 11.9. The summed E-state index contributed by atoms with van der Waals surface area (Å²) in [5, 5.41) is 14.8. The summed E-state index contributed by atoms with van der Waals surface area (Å²) in [6, 6.07) is 5.31. The molecule has 0 heterocycles. The van der Waals surface area contributed by atoms with Crippen LogP contribution in [-0.2, 0) is 0 Å². The number of urea groups is 1. The molecule has 1 aromatic rings. The highest BCUT2D eigenvalue weighted by molar-refractivity contribution is 9.10. The van der Waals surface area contributed by atoms with Gasteiger partial charge in [-0.1, -0.05) is 15.9 Å². The molecule has 1 aromatic carbocycles. The number of carbonyl (C=O) groups is 1. The Morgan fingerprint density at radius 3 is 2.74 bits per heavy atom. The highest BCUT2D eigenvalue weighted by atomic mass is 79.9. The molecular formula is C13H19BrN2O2S. The molecule has 0 bridgehead atoms. The van der Waals surface area contributed by atoms with E-state index in [1.54, 1.807) is 0 Å². The van der Waals surface area contributed by atoms with E-state index in [4.69, 9.17) is 0 Å². The largest absolute Gasteiger partial charge is 0.395 e. The molecule has 0 fully saturated rings. The summed E-state index contributed by atoms with van der Waals surface area (Å²) in [6.07, 6.45) is 1.91. The van der Waals surface area contributed by atoms with Crippen LogP contribution < -0.4 is 10.6 Å². The van der Waals surface area contributed by atoms with Crippen LogP contribution in [0.25, 0.3) is 0 Å². The van der Waals surface area contributed by atoms with Gasteiger partial charge in [-0.2, -0.15) is 11.8 Å². The fourth-order valence-corrected chi connectivity index (χ4v) is 2.76. The molecule has 0 radical (unpaired) electrons. The third-order valence-electron chi connectivity index (χ3n) is 2.84. The monoisotopic (exact) mass is 346 g/mol. The molecule has 0 saturated carbocycles. The van der Waals surface area contributed by atoms with Crippen LogP contribution in [-0.4, -0.2) is 35.3 Å². The predicted molar refractivity (Wildman–Crippen MR) is 84.9 cm³/mol. The summed E-state index contributed by atoms with van der Waals surface area (Å²) in [5.41, 5.74) is 1.76. The summed E-state index contributed by atoms with van der Waals surface area (Å²) in [4.78, 5) is 11.9. The van der Waals surface area contributed by atoms with Crippen molar-refractivity contribution < 1.29 is 9.90 Å². The lowest BCUT2D eigenvalue weighted by molar-refractivity contribution is 0.243. The van der Waals surface area contributed by atoms with Crippen LogP contribution in [0.3, 0.4) is 0 Å². The number of aliphatic hydroxyl groups excluding tert-OH is 1. The highest BCUT2D eigenvalue weighted by Crippen LogP contribution is 2.20. The lowest BCUT2D eigenvalue weighted by Gasteiger charge is -2.21. The lowest BCUT2D eigenvalue weighted by atomic mass is 10.2. The van der Waals surface area contributed by atoms with Gasteiger partial charge in [0.25, 0.3) is 0 Å². The topological polar surface area (TPSA) is 61.4 Å². The summed E-state index contributed by atoms with van der Waals surface area (Å²) in [5.74, 6) is 0. The predicted octanol–water partition coefficient (Wildman–Crippen LogP) is 2.99.